The van der Waals surface area contributed by atoms with E-state index in [-0.39, 0.29) is 11.4 Å². The standard InChI is InChI=1S/C11H13NO7/c1-11(15,10(13)14)6-19-9-5-7(18-2)3-4-8(9)12(16)17/h3-5,15H,6H2,1-2H3,(H,13,14). The summed E-state index contributed by atoms with van der Waals surface area (Å²) in [5, 5.41) is 29.0. The van der Waals surface area contributed by atoms with Crippen LogP contribution >= 0.6 is 0 Å². The van der Waals surface area contributed by atoms with E-state index < -0.39 is 23.1 Å². The first kappa shape index (κ1) is 14.7. The van der Waals surface area contributed by atoms with E-state index in [9.17, 15) is 20.0 Å². The molecular formula is C11H13NO7. The smallest absolute Gasteiger partial charge is 0.339 e. The van der Waals surface area contributed by atoms with Crippen molar-refractivity contribution in [2.75, 3.05) is 13.7 Å². The normalized spacial score (nSPS) is 13.4. The van der Waals surface area contributed by atoms with Crippen LogP contribution in [0.15, 0.2) is 18.2 Å². The predicted molar refractivity (Wildman–Crippen MR) is 63.4 cm³/mol. The molecule has 8 heteroatoms. The molecule has 0 fully saturated rings. The zero-order valence-corrected chi connectivity index (χ0v) is 10.3. The van der Waals surface area contributed by atoms with Crippen LogP contribution in [0.2, 0.25) is 0 Å². The molecule has 0 spiro atoms. The van der Waals surface area contributed by atoms with E-state index in [4.69, 9.17) is 14.6 Å². The summed E-state index contributed by atoms with van der Waals surface area (Å²) in [7, 11) is 1.37. The predicted octanol–water partition coefficient (Wildman–Crippen LogP) is 0.818. The zero-order chi connectivity index (χ0) is 14.6. The Morgan fingerprint density at radius 1 is 1.53 bits per heavy atom. The molecule has 0 aliphatic heterocycles. The Hall–Kier alpha value is -2.35. The number of methoxy groups -OCH3 is 1. The molecule has 0 radical (unpaired) electrons. The summed E-state index contributed by atoms with van der Waals surface area (Å²) in [5.41, 5.74) is -2.49. The Balaban J connectivity index is 2.98. The Bertz CT molecular complexity index is 498. The number of carboxylic acids is 1. The lowest BCUT2D eigenvalue weighted by molar-refractivity contribution is -0.386. The first-order chi connectivity index (χ1) is 8.77. The number of hydrogen-bond acceptors (Lipinski definition) is 6. The molecule has 0 heterocycles. The third-order valence-electron chi connectivity index (χ3n) is 2.33. The van der Waals surface area contributed by atoms with Gasteiger partial charge in [0, 0.05) is 12.1 Å². The van der Waals surface area contributed by atoms with E-state index >= 15 is 0 Å². The van der Waals surface area contributed by atoms with Crippen LogP contribution in [0.3, 0.4) is 0 Å². The number of nitrogens with zero attached hydrogens (tertiary/aromatic N) is 1. The summed E-state index contributed by atoms with van der Waals surface area (Å²) >= 11 is 0. The second-order valence-electron chi connectivity index (χ2n) is 3.96. The molecular weight excluding hydrogens is 258 g/mol. The fourth-order valence-electron chi connectivity index (χ4n) is 1.17. The van der Waals surface area contributed by atoms with Gasteiger partial charge < -0.3 is 19.7 Å². The number of carboxylic acid groups (broad SMARTS) is 1. The molecule has 0 aromatic heterocycles. The molecule has 104 valence electrons. The number of aliphatic hydroxyl groups is 1. The van der Waals surface area contributed by atoms with Crippen LogP contribution in [-0.4, -0.2) is 40.4 Å². The molecule has 1 aromatic rings. The topological polar surface area (TPSA) is 119 Å². The van der Waals surface area contributed by atoms with Crippen molar-refractivity contribution in [3.8, 4) is 11.5 Å². The molecule has 0 aliphatic carbocycles. The van der Waals surface area contributed by atoms with E-state index in [1.165, 1.54) is 25.3 Å². The van der Waals surface area contributed by atoms with E-state index in [1.54, 1.807) is 0 Å². The third kappa shape index (κ3) is 3.55. The minimum Gasteiger partial charge on any atom is -0.497 e. The minimum absolute atomic E-state index is 0.175. The van der Waals surface area contributed by atoms with Gasteiger partial charge in [-0.05, 0) is 13.0 Å². The summed E-state index contributed by atoms with van der Waals surface area (Å²) in [6.45, 7) is 0.400. The van der Waals surface area contributed by atoms with Crippen LogP contribution in [0.1, 0.15) is 6.92 Å². The lowest BCUT2D eigenvalue weighted by Gasteiger charge is -2.18. The van der Waals surface area contributed by atoms with E-state index in [1.807, 2.05) is 0 Å². The van der Waals surface area contributed by atoms with Gasteiger partial charge in [0.2, 0.25) is 5.75 Å². The maximum atomic E-state index is 10.8. The molecule has 1 unspecified atom stereocenters. The van der Waals surface area contributed by atoms with Crippen molar-refractivity contribution in [2.24, 2.45) is 0 Å². The van der Waals surface area contributed by atoms with Gasteiger partial charge in [0.05, 0.1) is 12.0 Å². The van der Waals surface area contributed by atoms with Crippen LogP contribution < -0.4 is 9.47 Å². The molecule has 0 aliphatic rings. The van der Waals surface area contributed by atoms with Crippen molar-refractivity contribution in [2.45, 2.75) is 12.5 Å². The maximum absolute atomic E-state index is 10.8. The first-order valence-electron chi connectivity index (χ1n) is 5.19. The van der Waals surface area contributed by atoms with Gasteiger partial charge in [0.15, 0.2) is 5.60 Å². The van der Waals surface area contributed by atoms with Gasteiger partial charge in [-0.1, -0.05) is 0 Å². The average molecular weight is 271 g/mol. The highest BCUT2D eigenvalue weighted by molar-refractivity contribution is 5.76. The second kappa shape index (κ2) is 5.53. The van der Waals surface area contributed by atoms with Crippen molar-refractivity contribution in [1.82, 2.24) is 0 Å². The molecule has 1 atom stereocenters. The van der Waals surface area contributed by atoms with Crippen LogP contribution in [0.4, 0.5) is 5.69 Å². The zero-order valence-electron chi connectivity index (χ0n) is 10.3. The number of aliphatic carboxylic acids is 1. The molecule has 0 amide bonds. The molecule has 1 aromatic carbocycles. The molecule has 0 saturated carbocycles. The van der Waals surface area contributed by atoms with Gasteiger partial charge in [0.1, 0.15) is 12.4 Å². The lowest BCUT2D eigenvalue weighted by Crippen LogP contribution is -2.41. The van der Waals surface area contributed by atoms with E-state index in [0.29, 0.717) is 5.75 Å². The summed E-state index contributed by atoms with van der Waals surface area (Å²) in [5.74, 6) is -1.35. The number of carbonyl (C=O) groups is 1. The Labute approximate surface area is 108 Å². The van der Waals surface area contributed by atoms with Crippen LogP contribution in [-0.2, 0) is 4.79 Å². The first-order valence-corrected chi connectivity index (χ1v) is 5.19. The number of rotatable bonds is 6. The minimum atomic E-state index is -2.14. The molecule has 19 heavy (non-hydrogen) atoms. The summed E-state index contributed by atoms with van der Waals surface area (Å²) in [6, 6.07) is 3.79. The molecule has 0 saturated heterocycles. The van der Waals surface area contributed by atoms with E-state index in [0.717, 1.165) is 6.92 Å². The summed E-state index contributed by atoms with van der Waals surface area (Å²) in [4.78, 5) is 20.8. The van der Waals surface area contributed by atoms with Crippen molar-refractivity contribution in [1.29, 1.82) is 0 Å². The Morgan fingerprint density at radius 3 is 2.63 bits per heavy atom. The molecule has 0 bridgehead atoms. The average Bonchev–Trinajstić information content (AvgIpc) is 2.35. The number of ether oxygens (including phenoxy) is 2. The summed E-state index contributed by atoms with van der Waals surface area (Å²) in [6.07, 6.45) is 0. The lowest BCUT2D eigenvalue weighted by atomic mass is 10.1. The van der Waals surface area contributed by atoms with Gasteiger partial charge in [-0.2, -0.15) is 0 Å². The fourth-order valence-corrected chi connectivity index (χ4v) is 1.17. The van der Waals surface area contributed by atoms with Gasteiger partial charge >= 0.3 is 11.7 Å². The Kier molecular flexibility index (Phi) is 4.28. The highest BCUT2D eigenvalue weighted by Gasteiger charge is 2.32. The van der Waals surface area contributed by atoms with Gasteiger partial charge in [0.25, 0.3) is 0 Å². The molecule has 2 N–H and O–H groups in total. The fraction of sp³-hybridized carbons (Fsp3) is 0.364. The van der Waals surface area contributed by atoms with Crippen molar-refractivity contribution in [3.05, 3.63) is 28.3 Å². The van der Waals surface area contributed by atoms with Crippen molar-refractivity contribution >= 4 is 11.7 Å². The monoisotopic (exact) mass is 271 g/mol. The second-order valence-corrected chi connectivity index (χ2v) is 3.96. The number of nitro benzene ring substituents is 1. The maximum Gasteiger partial charge on any atom is 0.339 e. The highest BCUT2D eigenvalue weighted by atomic mass is 16.6. The molecule has 8 nitrogen and oxygen atoms in total. The van der Waals surface area contributed by atoms with Crippen LogP contribution in [0, 0.1) is 10.1 Å². The Morgan fingerprint density at radius 2 is 2.16 bits per heavy atom. The van der Waals surface area contributed by atoms with Crippen LogP contribution in [0.25, 0.3) is 0 Å². The third-order valence-corrected chi connectivity index (χ3v) is 2.33. The largest absolute Gasteiger partial charge is 0.497 e. The van der Waals surface area contributed by atoms with Gasteiger partial charge in [-0.15, -0.1) is 0 Å². The number of hydrogen-bond donors (Lipinski definition) is 2. The van der Waals surface area contributed by atoms with E-state index in [2.05, 4.69) is 0 Å². The quantitative estimate of drug-likeness (QED) is 0.580. The SMILES string of the molecule is COc1ccc([N+](=O)[O-])c(OCC(C)(O)C(=O)O)c1. The highest BCUT2D eigenvalue weighted by Crippen LogP contribution is 2.31. The van der Waals surface area contributed by atoms with Crippen molar-refractivity contribution < 1.29 is 29.4 Å². The van der Waals surface area contributed by atoms with Gasteiger partial charge in [-0.3, -0.25) is 10.1 Å². The number of nitro groups is 1. The van der Waals surface area contributed by atoms with Gasteiger partial charge in [-0.25, -0.2) is 4.79 Å². The molecule has 1 rings (SSSR count). The number of benzene rings is 1. The van der Waals surface area contributed by atoms with Crippen molar-refractivity contribution in [3.63, 3.8) is 0 Å². The van der Waals surface area contributed by atoms with Crippen LogP contribution in [0.5, 0.6) is 11.5 Å². The summed E-state index contributed by atoms with van der Waals surface area (Å²) < 4.78 is 9.90.